The van der Waals surface area contributed by atoms with Gasteiger partial charge < -0.3 is 20.1 Å². The number of nitrogens with one attached hydrogen (secondary N) is 1. The van der Waals surface area contributed by atoms with Crippen molar-refractivity contribution in [3.8, 4) is 5.75 Å². The van der Waals surface area contributed by atoms with Gasteiger partial charge in [-0.25, -0.2) is 0 Å². The van der Waals surface area contributed by atoms with E-state index in [1.165, 1.54) is 11.1 Å². The van der Waals surface area contributed by atoms with Crippen LogP contribution in [0.25, 0.3) is 0 Å². The molecule has 4 heteroatoms. The monoisotopic (exact) mass is 368 g/mol. The van der Waals surface area contributed by atoms with Gasteiger partial charge >= 0.3 is 0 Å². The van der Waals surface area contributed by atoms with Crippen LogP contribution in [0.15, 0.2) is 48.5 Å². The standard InChI is InChI=1S/C23H32N2O2/c1-4-8-17-11-12-21(27-3)20(15-17)25(2)23-19(13-14-26)16-24-22(23)18-9-6-5-7-10-18/h5-7,9-12,15,19,22-24,26H,4,8,13-14,16H2,1-3H3. The number of anilines is 1. The molecule has 0 radical (unpaired) electrons. The first-order valence-electron chi connectivity index (χ1n) is 9.98. The number of ether oxygens (including phenoxy) is 1. The summed E-state index contributed by atoms with van der Waals surface area (Å²) >= 11 is 0. The van der Waals surface area contributed by atoms with Crippen molar-refractivity contribution in [1.82, 2.24) is 5.32 Å². The van der Waals surface area contributed by atoms with Gasteiger partial charge in [0.25, 0.3) is 0 Å². The molecule has 0 aliphatic carbocycles. The minimum atomic E-state index is 0.213. The summed E-state index contributed by atoms with van der Waals surface area (Å²) in [7, 11) is 3.89. The Morgan fingerprint density at radius 2 is 1.96 bits per heavy atom. The Morgan fingerprint density at radius 1 is 1.19 bits per heavy atom. The number of methoxy groups -OCH3 is 1. The number of aliphatic hydroxyl groups is 1. The van der Waals surface area contributed by atoms with Gasteiger partial charge in [-0.05, 0) is 42.0 Å². The first-order chi connectivity index (χ1) is 13.2. The lowest BCUT2D eigenvalue weighted by Crippen LogP contribution is -2.40. The third-order valence-corrected chi connectivity index (χ3v) is 5.69. The molecule has 3 unspecified atom stereocenters. The van der Waals surface area contributed by atoms with Crippen LogP contribution in [0, 0.1) is 5.92 Å². The van der Waals surface area contributed by atoms with Crippen molar-refractivity contribution in [2.24, 2.45) is 5.92 Å². The third kappa shape index (κ3) is 4.28. The van der Waals surface area contributed by atoms with Crippen LogP contribution in [0.5, 0.6) is 5.75 Å². The molecule has 1 fully saturated rings. The SMILES string of the molecule is CCCc1ccc(OC)c(N(C)C2C(CCO)CNC2c2ccccc2)c1. The van der Waals surface area contributed by atoms with Gasteiger partial charge in [0.2, 0.25) is 0 Å². The average molecular weight is 369 g/mol. The molecule has 1 saturated heterocycles. The van der Waals surface area contributed by atoms with Crippen molar-refractivity contribution in [3.05, 3.63) is 59.7 Å². The van der Waals surface area contributed by atoms with Crippen molar-refractivity contribution in [1.29, 1.82) is 0 Å². The number of nitrogens with zero attached hydrogens (tertiary/aromatic N) is 1. The topological polar surface area (TPSA) is 44.7 Å². The lowest BCUT2D eigenvalue weighted by molar-refractivity contribution is 0.252. The lowest BCUT2D eigenvalue weighted by atomic mass is 9.90. The van der Waals surface area contributed by atoms with Gasteiger partial charge in [0.15, 0.2) is 0 Å². The van der Waals surface area contributed by atoms with Crippen LogP contribution in [0.3, 0.4) is 0 Å². The van der Waals surface area contributed by atoms with E-state index >= 15 is 0 Å². The minimum Gasteiger partial charge on any atom is -0.495 e. The fourth-order valence-corrected chi connectivity index (χ4v) is 4.36. The summed E-state index contributed by atoms with van der Waals surface area (Å²) in [5, 5.41) is 13.3. The molecule has 0 spiro atoms. The number of hydrogen-bond acceptors (Lipinski definition) is 4. The maximum atomic E-state index is 9.60. The Kier molecular flexibility index (Phi) is 6.75. The van der Waals surface area contributed by atoms with E-state index in [1.807, 2.05) is 0 Å². The first-order valence-corrected chi connectivity index (χ1v) is 9.98. The van der Waals surface area contributed by atoms with Gasteiger partial charge in [-0.2, -0.15) is 0 Å². The lowest BCUT2D eigenvalue weighted by Gasteiger charge is -2.36. The van der Waals surface area contributed by atoms with Crippen molar-refractivity contribution >= 4 is 5.69 Å². The second-order valence-electron chi connectivity index (χ2n) is 7.43. The molecule has 1 aliphatic heterocycles. The zero-order valence-corrected chi connectivity index (χ0v) is 16.7. The Labute approximate surface area is 163 Å². The maximum absolute atomic E-state index is 9.60. The molecular formula is C23H32N2O2. The van der Waals surface area contributed by atoms with Gasteiger partial charge in [-0.1, -0.05) is 49.7 Å². The normalized spacial score (nSPS) is 22.0. The van der Waals surface area contributed by atoms with Crippen molar-refractivity contribution in [3.63, 3.8) is 0 Å². The second-order valence-corrected chi connectivity index (χ2v) is 7.43. The van der Waals surface area contributed by atoms with Crippen LogP contribution in [-0.4, -0.2) is 38.5 Å². The van der Waals surface area contributed by atoms with E-state index in [9.17, 15) is 5.11 Å². The van der Waals surface area contributed by atoms with Crippen LogP contribution < -0.4 is 15.0 Å². The van der Waals surface area contributed by atoms with E-state index in [4.69, 9.17) is 4.74 Å². The second kappa shape index (κ2) is 9.25. The number of aryl methyl sites for hydroxylation is 1. The number of likely N-dealkylation sites (N-methyl/N-ethyl adjacent to an activating group) is 1. The Morgan fingerprint density at radius 3 is 2.63 bits per heavy atom. The number of rotatable bonds is 8. The molecule has 27 heavy (non-hydrogen) atoms. The molecule has 3 atom stereocenters. The highest BCUT2D eigenvalue weighted by atomic mass is 16.5. The molecule has 1 heterocycles. The maximum Gasteiger partial charge on any atom is 0.142 e. The van der Waals surface area contributed by atoms with Crippen LogP contribution in [0.1, 0.15) is 36.9 Å². The fraction of sp³-hybridized carbons (Fsp3) is 0.478. The van der Waals surface area contributed by atoms with Crippen molar-refractivity contribution < 1.29 is 9.84 Å². The van der Waals surface area contributed by atoms with Crippen LogP contribution in [0.2, 0.25) is 0 Å². The molecular weight excluding hydrogens is 336 g/mol. The molecule has 4 nitrogen and oxygen atoms in total. The number of benzene rings is 2. The summed E-state index contributed by atoms with van der Waals surface area (Å²) in [6.45, 7) is 3.33. The molecule has 0 amide bonds. The summed E-state index contributed by atoms with van der Waals surface area (Å²) in [4.78, 5) is 2.36. The highest BCUT2D eigenvalue weighted by Gasteiger charge is 2.39. The molecule has 3 rings (SSSR count). The van der Waals surface area contributed by atoms with Gasteiger partial charge in [0, 0.05) is 20.2 Å². The highest BCUT2D eigenvalue weighted by Crippen LogP contribution is 2.39. The predicted octanol–water partition coefficient (Wildman–Crippen LogP) is 3.80. The first kappa shape index (κ1) is 19.7. The Balaban J connectivity index is 1.97. The Hall–Kier alpha value is -2.04. The van der Waals surface area contributed by atoms with E-state index < -0.39 is 0 Å². The van der Waals surface area contributed by atoms with Gasteiger partial charge in [-0.15, -0.1) is 0 Å². The van der Waals surface area contributed by atoms with E-state index in [-0.39, 0.29) is 18.7 Å². The highest BCUT2D eigenvalue weighted by molar-refractivity contribution is 5.61. The Bertz CT molecular complexity index is 720. The predicted molar refractivity (Wildman–Crippen MR) is 112 cm³/mol. The molecule has 2 aromatic carbocycles. The van der Waals surface area contributed by atoms with Crippen molar-refractivity contribution in [2.75, 3.05) is 32.2 Å². The summed E-state index contributed by atoms with van der Waals surface area (Å²) in [5.41, 5.74) is 3.75. The largest absolute Gasteiger partial charge is 0.495 e. The summed E-state index contributed by atoms with van der Waals surface area (Å²) in [6.07, 6.45) is 2.98. The molecule has 2 aromatic rings. The molecule has 0 aromatic heterocycles. The van der Waals surface area contributed by atoms with Crippen molar-refractivity contribution in [2.45, 2.75) is 38.3 Å². The summed E-state index contributed by atoms with van der Waals surface area (Å²) in [5.74, 6) is 1.28. The minimum absolute atomic E-state index is 0.213. The molecule has 1 aliphatic rings. The third-order valence-electron chi connectivity index (χ3n) is 5.69. The smallest absolute Gasteiger partial charge is 0.142 e. The molecule has 0 bridgehead atoms. The van der Waals surface area contributed by atoms with Gasteiger partial charge in [0.1, 0.15) is 5.75 Å². The van der Waals surface area contributed by atoms with Gasteiger partial charge in [-0.3, -0.25) is 0 Å². The summed E-state index contributed by atoms with van der Waals surface area (Å²) < 4.78 is 5.68. The zero-order chi connectivity index (χ0) is 19.2. The fourth-order valence-electron chi connectivity index (χ4n) is 4.36. The molecule has 146 valence electrons. The average Bonchev–Trinajstić information content (AvgIpc) is 3.12. The number of hydrogen-bond donors (Lipinski definition) is 2. The summed E-state index contributed by atoms with van der Waals surface area (Å²) in [6, 6.07) is 17.6. The molecule has 2 N–H and O–H groups in total. The van der Waals surface area contributed by atoms with E-state index in [0.717, 1.165) is 37.2 Å². The quantitative estimate of drug-likeness (QED) is 0.744. The van der Waals surface area contributed by atoms with Crippen LogP contribution in [0.4, 0.5) is 5.69 Å². The number of aliphatic hydroxyl groups excluding tert-OH is 1. The van der Waals surface area contributed by atoms with Crippen LogP contribution in [-0.2, 0) is 6.42 Å². The van der Waals surface area contributed by atoms with Crippen LogP contribution >= 0.6 is 0 Å². The van der Waals surface area contributed by atoms with E-state index in [2.05, 4.69) is 72.7 Å². The zero-order valence-electron chi connectivity index (χ0n) is 16.7. The van der Waals surface area contributed by atoms with E-state index in [0.29, 0.717) is 5.92 Å². The van der Waals surface area contributed by atoms with Gasteiger partial charge in [0.05, 0.1) is 24.9 Å². The molecule has 0 saturated carbocycles. The van der Waals surface area contributed by atoms with E-state index in [1.54, 1.807) is 7.11 Å².